The summed E-state index contributed by atoms with van der Waals surface area (Å²) >= 11 is 0. The first-order valence-corrected chi connectivity index (χ1v) is 19.7. The quantitative estimate of drug-likeness (QED) is 0.167. The van der Waals surface area contributed by atoms with Crippen molar-refractivity contribution in [3.63, 3.8) is 0 Å². The maximum absolute atomic E-state index is 6.72. The lowest BCUT2D eigenvalue weighted by atomic mass is 9.75. The minimum absolute atomic E-state index is 0.273. The number of hydrogen-bond donors (Lipinski definition) is 0. The Kier molecular flexibility index (Phi) is 8.01. The first kappa shape index (κ1) is 34.5. The third kappa shape index (κ3) is 5.94. The van der Waals surface area contributed by atoms with Gasteiger partial charge in [0.15, 0.2) is 23.3 Å². The molecule has 280 valence electrons. The summed E-state index contributed by atoms with van der Waals surface area (Å²) in [5, 5.41) is 1.97. The Morgan fingerprint density at radius 2 is 0.966 bits per heavy atom. The van der Waals surface area contributed by atoms with Crippen LogP contribution >= 0.6 is 0 Å². The van der Waals surface area contributed by atoms with E-state index in [4.69, 9.17) is 34.1 Å². The molecule has 0 spiro atoms. The molecule has 0 N–H and O–H groups in total. The highest BCUT2D eigenvalue weighted by Gasteiger charge is 2.35. The third-order valence-electron chi connectivity index (χ3n) is 11.2. The molecule has 0 fully saturated rings. The van der Waals surface area contributed by atoms with E-state index in [1.54, 1.807) is 0 Å². The molecule has 0 radical (unpaired) electrons. The first-order valence-electron chi connectivity index (χ1n) is 19.7. The van der Waals surface area contributed by atoms with E-state index in [9.17, 15) is 0 Å². The molecular formula is C52H35N5O2. The van der Waals surface area contributed by atoms with Crippen molar-refractivity contribution in [2.75, 3.05) is 0 Å². The van der Waals surface area contributed by atoms with Crippen LogP contribution < -0.4 is 4.74 Å². The van der Waals surface area contributed by atoms with Crippen molar-refractivity contribution >= 4 is 21.9 Å². The monoisotopic (exact) mass is 761 g/mol. The van der Waals surface area contributed by atoms with Gasteiger partial charge in [-0.25, -0.2) is 24.9 Å². The fraction of sp³-hybridized carbons (Fsp3) is 0.0577. The molecule has 1 aliphatic rings. The molecule has 0 bridgehead atoms. The molecule has 4 heterocycles. The van der Waals surface area contributed by atoms with Crippen molar-refractivity contribution in [3.05, 3.63) is 187 Å². The zero-order chi connectivity index (χ0) is 39.5. The van der Waals surface area contributed by atoms with Gasteiger partial charge in [-0.1, -0.05) is 153 Å². The summed E-state index contributed by atoms with van der Waals surface area (Å²) < 4.78 is 13.0. The van der Waals surface area contributed by atoms with Crippen LogP contribution in [-0.2, 0) is 5.41 Å². The summed E-state index contributed by atoms with van der Waals surface area (Å²) in [6.07, 6.45) is 0. The maximum atomic E-state index is 6.72. The number of aromatic nitrogens is 5. The fourth-order valence-electron chi connectivity index (χ4n) is 8.24. The molecule has 0 saturated heterocycles. The molecule has 11 rings (SSSR count). The lowest BCUT2D eigenvalue weighted by Crippen LogP contribution is -2.24. The number of furan rings is 1. The predicted molar refractivity (Wildman–Crippen MR) is 234 cm³/mol. The summed E-state index contributed by atoms with van der Waals surface area (Å²) in [5.41, 5.74) is 10.4. The van der Waals surface area contributed by atoms with Crippen molar-refractivity contribution in [1.82, 2.24) is 24.9 Å². The standard InChI is InChI=1S/C52H35N5O2/c1-52(2)39-25-10-12-28-44(39)59-47-36(23-14-26-40(47)52)42-31-41(32-16-5-3-6-17-32)53-49(54-42)34-20-13-21-35(30-34)50-55-48(33-18-7-4-8-19-33)56-51(57-50)38-24-15-29-45-46(38)37-22-9-11-27-43(37)58-45/h3-31H,1-2H3. The van der Waals surface area contributed by atoms with E-state index in [1.165, 1.54) is 0 Å². The largest absolute Gasteiger partial charge is 0.456 e. The van der Waals surface area contributed by atoms with Crippen LogP contribution in [0.25, 0.3) is 90.0 Å². The summed E-state index contributed by atoms with van der Waals surface area (Å²) in [7, 11) is 0. The van der Waals surface area contributed by atoms with Gasteiger partial charge >= 0.3 is 0 Å². The predicted octanol–water partition coefficient (Wildman–Crippen LogP) is 13.0. The topological polar surface area (TPSA) is 86.8 Å². The molecule has 7 heteroatoms. The highest BCUT2D eigenvalue weighted by atomic mass is 16.5. The van der Waals surface area contributed by atoms with Crippen LogP contribution in [0, 0.1) is 0 Å². The summed E-state index contributed by atoms with van der Waals surface area (Å²) in [4.78, 5) is 25.8. The number of ether oxygens (including phenoxy) is 1. The van der Waals surface area contributed by atoms with Crippen molar-refractivity contribution < 1.29 is 9.15 Å². The zero-order valence-electron chi connectivity index (χ0n) is 32.3. The van der Waals surface area contributed by atoms with Crippen LogP contribution in [0.4, 0.5) is 0 Å². The lowest BCUT2D eigenvalue weighted by Gasteiger charge is -2.35. The van der Waals surface area contributed by atoms with Crippen molar-refractivity contribution in [3.8, 4) is 79.6 Å². The van der Waals surface area contributed by atoms with Crippen LogP contribution in [0.5, 0.6) is 11.5 Å². The molecule has 3 aromatic heterocycles. The Morgan fingerprint density at radius 3 is 1.78 bits per heavy atom. The minimum atomic E-state index is -0.273. The molecule has 59 heavy (non-hydrogen) atoms. The van der Waals surface area contributed by atoms with Crippen molar-refractivity contribution in [1.29, 1.82) is 0 Å². The Bertz CT molecular complexity index is 3230. The van der Waals surface area contributed by atoms with E-state index in [1.807, 2.05) is 115 Å². The molecule has 0 atom stereocenters. The Labute approximate surface area is 340 Å². The summed E-state index contributed by atoms with van der Waals surface area (Å²) in [6.45, 7) is 4.49. The van der Waals surface area contributed by atoms with E-state index in [2.05, 4.69) is 74.5 Å². The van der Waals surface area contributed by atoms with Crippen molar-refractivity contribution in [2.24, 2.45) is 0 Å². The number of fused-ring (bicyclic) bond motifs is 5. The smallest absolute Gasteiger partial charge is 0.164 e. The molecule has 0 amide bonds. The molecule has 7 nitrogen and oxygen atoms in total. The van der Waals surface area contributed by atoms with Crippen LogP contribution in [0.2, 0.25) is 0 Å². The second kappa shape index (κ2) is 13.7. The number of hydrogen-bond acceptors (Lipinski definition) is 7. The van der Waals surface area contributed by atoms with Gasteiger partial charge in [-0.05, 0) is 36.4 Å². The highest BCUT2D eigenvalue weighted by molar-refractivity contribution is 6.11. The molecule has 0 saturated carbocycles. The Balaban J connectivity index is 1.08. The zero-order valence-corrected chi connectivity index (χ0v) is 32.3. The summed E-state index contributed by atoms with van der Waals surface area (Å²) in [5.74, 6) is 3.89. The molecular weight excluding hydrogens is 727 g/mol. The van der Waals surface area contributed by atoms with E-state index in [0.29, 0.717) is 23.3 Å². The average Bonchev–Trinajstić information content (AvgIpc) is 3.68. The van der Waals surface area contributed by atoms with E-state index < -0.39 is 0 Å². The van der Waals surface area contributed by atoms with Gasteiger partial charge in [-0.15, -0.1) is 0 Å². The lowest BCUT2D eigenvalue weighted by molar-refractivity contribution is 0.419. The van der Waals surface area contributed by atoms with Gasteiger partial charge in [0.25, 0.3) is 0 Å². The minimum Gasteiger partial charge on any atom is -0.456 e. The summed E-state index contributed by atoms with van der Waals surface area (Å²) in [6, 6.07) is 59.1. The molecule has 0 aliphatic carbocycles. The molecule has 0 unspecified atom stereocenters. The van der Waals surface area contributed by atoms with Gasteiger partial charge in [-0.2, -0.15) is 0 Å². The normalized spacial score (nSPS) is 12.8. The second-order valence-electron chi connectivity index (χ2n) is 15.3. The fourth-order valence-corrected chi connectivity index (χ4v) is 8.24. The Hall–Kier alpha value is -7.77. The van der Waals surface area contributed by atoms with Crippen LogP contribution in [0.1, 0.15) is 25.0 Å². The van der Waals surface area contributed by atoms with Crippen LogP contribution in [0.15, 0.2) is 180 Å². The van der Waals surface area contributed by atoms with Gasteiger partial charge in [0, 0.05) is 60.7 Å². The van der Waals surface area contributed by atoms with Gasteiger partial charge in [-0.3, -0.25) is 0 Å². The van der Waals surface area contributed by atoms with Gasteiger partial charge in [0.1, 0.15) is 22.7 Å². The average molecular weight is 762 g/mol. The second-order valence-corrected chi connectivity index (χ2v) is 15.3. The van der Waals surface area contributed by atoms with E-state index in [0.717, 1.165) is 89.3 Å². The van der Waals surface area contributed by atoms with Gasteiger partial charge < -0.3 is 9.15 Å². The van der Waals surface area contributed by atoms with Crippen molar-refractivity contribution in [2.45, 2.75) is 19.3 Å². The highest BCUT2D eigenvalue weighted by Crippen LogP contribution is 2.51. The molecule has 7 aromatic carbocycles. The number of rotatable bonds is 6. The third-order valence-corrected chi connectivity index (χ3v) is 11.2. The van der Waals surface area contributed by atoms with E-state index in [-0.39, 0.29) is 5.41 Å². The van der Waals surface area contributed by atoms with E-state index >= 15 is 0 Å². The SMILES string of the molecule is CC1(C)c2ccccc2Oc2c(-c3cc(-c4ccccc4)nc(-c4cccc(-c5nc(-c6ccccc6)nc(-c6cccc7oc8ccccc8c67)n5)c4)n3)cccc21. The number of para-hydroxylation sites is 3. The first-order chi connectivity index (χ1) is 29.0. The van der Waals surface area contributed by atoms with Crippen LogP contribution in [0.3, 0.4) is 0 Å². The Morgan fingerprint density at radius 1 is 0.407 bits per heavy atom. The molecule has 10 aromatic rings. The van der Waals surface area contributed by atoms with Crippen LogP contribution in [-0.4, -0.2) is 24.9 Å². The van der Waals surface area contributed by atoms with Gasteiger partial charge in [0.2, 0.25) is 0 Å². The number of benzene rings is 7. The molecule has 1 aliphatic heterocycles. The number of nitrogens with zero attached hydrogens (tertiary/aromatic N) is 5. The maximum Gasteiger partial charge on any atom is 0.164 e. The van der Waals surface area contributed by atoms with Gasteiger partial charge in [0.05, 0.1) is 11.4 Å².